The summed E-state index contributed by atoms with van der Waals surface area (Å²) in [6.07, 6.45) is 7.44. The number of likely N-dealkylation sites (N-methyl/N-ethyl adjacent to an activating group) is 2. The zero-order valence-electron chi connectivity index (χ0n) is 18.9. The predicted molar refractivity (Wildman–Crippen MR) is 131 cm³/mol. The molecule has 0 spiro atoms. The van der Waals surface area contributed by atoms with Gasteiger partial charge >= 0.3 is 0 Å². The summed E-state index contributed by atoms with van der Waals surface area (Å²) in [6.45, 7) is 1.60. The lowest BCUT2D eigenvalue weighted by molar-refractivity contribution is -0.139. The topological polar surface area (TPSA) is 94.4 Å². The van der Waals surface area contributed by atoms with Crippen molar-refractivity contribution in [2.45, 2.75) is 6.04 Å². The van der Waals surface area contributed by atoms with Gasteiger partial charge in [-0.3, -0.25) is 14.8 Å². The van der Waals surface area contributed by atoms with Crippen molar-refractivity contribution in [3.8, 4) is 11.3 Å². The van der Waals surface area contributed by atoms with Gasteiger partial charge < -0.3 is 14.6 Å². The number of hydrogen-bond acceptors (Lipinski definition) is 6. The van der Waals surface area contributed by atoms with Crippen molar-refractivity contribution in [3.05, 3.63) is 72.8 Å². The first-order chi connectivity index (χ1) is 16.6. The number of nitrogens with zero attached hydrogens (tertiary/aromatic N) is 6. The summed E-state index contributed by atoms with van der Waals surface area (Å²) in [4.78, 5) is 26.0. The van der Waals surface area contributed by atoms with Gasteiger partial charge in [0.2, 0.25) is 5.91 Å². The van der Waals surface area contributed by atoms with Gasteiger partial charge in [0.05, 0.1) is 17.4 Å². The summed E-state index contributed by atoms with van der Waals surface area (Å²) in [7, 11) is 3.85. The van der Waals surface area contributed by atoms with Crippen LogP contribution in [0.3, 0.4) is 0 Å². The Morgan fingerprint density at radius 3 is 2.79 bits per heavy atom. The molecule has 2 aromatic carbocycles. The monoisotopic (exact) mass is 452 g/mol. The molecule has 0 unspecified atom stereocenters. The third-order valence-corrected chi connectivity index (χ3v) is 6.44. The second kappa shape index (κ2) is 7.96. The lowest BCUT2D eigenvalue weighted by Gasteiger charge is -2.37. The molecule has 5 aromatic rings. The Kier molecular flexibility index (Phi) is 4.77. The molecule has 4 heterocycles. The molecule has 9 nitrogen and oxygen atoms in total. The van der Waals surface area contributed by atoms with Gasteiger partial charge in [0, 0.05) is 55.4 Å². The van der Waals surface area contributed by atoms with Gasteiger partial charge in [-0.25, -0.2) is 9.97 Å². The van der Waals surface area contributed by atoms with E-state index in [1.165, 1.54) is 0 Å². The van der Waals surface area contributed by atoms with Gasteiger partial charge in [-0.2, -0.15) is 5.10 Å². The molecule has 170 valence electrons. The van der Waals surface area contributed by atoms with Gasteiger partial charge in [0.25, 0.3) is 0 Å². The number of rotatable bonds is 4. The second-order valence-corrected chi connectivity index (χ2v) is 8.69. The van der Waals surface area contributed by atoms with Crippen LogP contribution in [-0.2, 0) is 4.79 Å². The molecule has 0 saturated carbocycles. The molecular formula is C25H24N8O. The first kappa shape index (κ1) is 20.4. The number of amides is 1. The quantitative estimate of drug-likeness (QED) is 0.434. The summed E-state index contributed by atoms with van der Waals surface area (Å²) in [6, 6.07) is 13.8. The molecule has 9 heteroatoms. The maximum absolute atomic E-state index is 12.7. The number of H-pyrrole nitrogens is 1. The zero-order chi connectivity index (χ0) is 23.2. The summed E-state index contributed by atoms with van der Waals surface area (Å²) >= 11 is 0. The molecule has 6 rings (SSSR count). The highest BCUT2D eigenvalue weighted by molar-refractivity contribution is 5.85. The molecule has 1 atom stereocenters. The SMILES string of the molecule is CN1CCN(C)[C@H](c2ccc(Nc3nc(-c4ccc5cn[nH]c5c4)cn4ccnc34)cc2)C1=O. The van der Waals surface area contributed by atoms with Crippen molar-refractivity contribution in [2.75, 3.05) is 32.5 Å². The average Bonchev–Trinajstić information content (AvgIpc) is 3.52. The molecule has 1 fully saturated rings. The van der Waals surface area contributed by atoms with Gasteiger partial charge in [-0.05, 0) is 30.8 Å². The predicted octanol–water partition coefficient (Wildman–Crippen LogP) is 3.46. The van der Waals surface area contributed by atoms with Crippen molar-refractivity contribution < 1.29 is 4.79 Å². The Labute approximate surface area is 196 Å². The van der Waals surface area contributed by atoms with Crippen LogP contribution in [0, 0.1) is 0 Å². The van der Waals surface area contributed by atoms with E-state index >= 15 is 0 Å². The number of benzene rings is 2. The van der Waals surface area contributed by atoms with Crippen LogP contribution in [0.2, 0.25) is 0 Å². The fourth-order valence-electron chi connectivity index (χ4n) is 4.48. The maximum Gasteiger partial charge on any atom is 0.244 e. The number of aromatic nitrogens is 5. The van der Waals surface area contributed by atoms with Gasteiger partial charge in [0.1, 0.15) is 6.04 Å². The Balaban J connectivity index is 1.32. The largest absolute Gasteiger partial charge is 0.343 e. The van der Waals surface area contributed by atoms with Gasteiger partial charge in [-0.15, -0.1) is 0 Å². The highest BCUT2D eigenvalue weighted by Crippen LogP contribution is 2.29. The minimum absolute atomic E-state index is 0.122. The highest BCUT2D eigenvalue weighted by Gasteiger charge is 2.31. The molecule has 0 radical (unpaired) electrons. The molecule has 1 aliphatic rings. The Morgan fingerprint density at radius 1 is 1.09 bits per heavy atom. The van der Waals surface area contributed by atoms with Crippen molar-refractivity contribution in [3.63, 3.8) is 0 Å². The Bertz CT molecular complexity index is 1500. The number of piperazine rings is 1. The summed E-state index contributed by atoms with van der Waals surface area (Å²) in [5, 5.41) is 11.6. The number of hydrogen-bond donors (Lipinski definition) is 2. The lowest BCUT2D eigenvalue weighted by Crippen LogP contribution is -2.48. The number of anilines is 2. The maximum atomic E-state index is 12.7. The first-order valence-corrected chi connectivity index (χ1v) is 11.2. The molecule has 1 aliphatic heterocycles. The Hall–Kier alpha value is -4.24. The van der Waals surface area contributed by atoms with Crippen molar-refractivity contribution in [2.24, 2.45) is 0 Å². The standard InChI is InChI=1S/C25H24N8O/c1-31-11-12-32(2)25(34)22(31)16-5-7-19(8-6-16)28-23-24-26-9-10-33(24)15-21(29-23)17-3-4-18-14-27-30-20(18)13-17/h3-10,13-15,22H,11-12H2,1-2H3,(H,27,30)(H,28,29)/t22-/m1/s1. The smallest absolute Gasteiger partial charge is 0.244 e. The molecule has 1 amide bonds. The van der Waals surface area contributed by atoms with E-state index in [1.807, 2.05) is 73.4 Å². The van der Waals surface area contributed by atoms with Crippen LogP contribution >= 0.6 is 0 Å². The second-order valence-electron chi connectivity index (χ2n) is 8.69. The number of imidazole rings is 1. The Morgan fingerprint density at radius 2 is 1.94 bits per heavy atom. The van der Waals surface area contributed by atoms with Crippen LogP contribution in [0.5, 0.6) is 0 Å². The zero-order valence-corrected chi connectivity index (χ0v) is 18.9. The van der Waals surface area contributed by atoms with Crippen LogP contribution < -0.4 is 5.32 Å². The number of fused-ring (bicyclic) bond motifs is 2. The van der Waals surface area contributed by atoms with E-state index in [4.69, 9.17) is 4.98 Å². The van der Waals surface area contributed by atoms with E-state index in [2.05, 4.69) is 25.4 Å². The molecule has 0 bridgehead atoms. The fourth-order valence-corrected chi connectivity index (χ4v) is 4.48. The number of nitrogens with one attached hydrogen (secondary N) is 2. The molecule has 3 aromatic heterocycles. The van der Waals surface area contributed by atoms with Crippen LogP contribution in [0.15, 0.2) is 67.3 Å². The summed E-state index contributed by atoms with van der Waals surface area (Å²) < 4.78 is 1.96. The number of carbonyl (C=O) groups excluding carboxylic acids is 1. The molecule has 1 saturated heterocycles. The van der Waals surface area contributed by atoms with E-state index in [-0.39, 0.29) is 11.9 Å². The van der Waals surface area contributed by atoms with E-state index in [9.17, 15) is 4.79 Å². The average molecular weight is 453 g/mol. The fraction of sp³-hybridized carbons (Fsp3) is 0.200. The minimum Gasteiger partial charge on any atom is -0.343 e. The van der Waals surface area contributed by atoms with E-state index in [0.717, 1.165) is 52.1 Å². The number of carbonyl (C=O) groups is 1. The molecular weight excluding hydrogens is 428 g/mol. The van der Waals surface area contributed by atoms with Crippen LogP contribution in [-0.4, -0.2) is 67.5 Å². The first-order valence-electron chi connectivity index (χ1n) is 11.2. The highest BCUT2D eigenvalue weighted by atomic mass is 16.2. The van der Waals surface area contributed by atoms with Crippen molar-refractivity contribution in [1.29, 1.82) is 0 Å². The van der Waals surface area contributed by atoms with Crippen molar-refractivity contribution >= 4 is 34.0 Å². The summed E-state index contributed by atoms with van der Waals surface area (Å²) in [5.74, 6) is 0.780. The molecule has 34 heavy (non-hydrogen) atoms. The van der Waals surface area contributed by atoms with E-state index < -0.39 is 0 Å². The van der Waals surface area contributed by atoms with Crippen LogP contribution in [0.4, 0.5) is 11.5 Å². The van der Waals surface area contributed by atoms with Crippen LogP contribution in [0.25, 0.3) is 27.8 Å². The molecule has 0 aliphatic carbocycles. The summed E-state index contributed by atoms with van der Waals surface area (Å²) in [5.41, 5.74) is 5.35. The van der Waals surface area contributed by atoms with E-state index in [1.54, 1.807) is 17.3 Å². The van der Waals surface area contributed by atoms with Crippen LogP contribution in [0.1, 0.15) is 11.6 Å². The third kappa shape index (κ3) is 3.46. The van der Waals surface area contributed by atoms with Crippen molar-refractivity contribution in [1.82, 2.24) is 34.4 Å². The third-order valence-electron chi connectivity index (χ3n) is 6.44. The van der Waals surface area contributed by atoms with Gasteiger partial charge in [-0.1, -0.05) is 24.3 Å². The normalized spacial score (nSPS) is 17.1. The molecule has 2 N–H and O–H groups in total. The number of aromatic amines is 1. The van der Waals surface area contributed by atoms with E-state index in [0.29, 0.717) is 5.82 Å². The minimum atomic E-state index is -0.259. The lowest BCUT2D eigenvalue weighted by atomic mass is 10.0. The van der Waals surface area contributed by atoms with Gasteiger partial charge in [0.15, 0.2) is 11.5 Å².